The summed E-state index contributed by atoms with van der Waals surface area (Å²) in [5.74, 6) is 2.43. The minimum Gasteiger partial charge on any atom is -0.379 e. The molecule has 5 nitrogen and oxygen atoms in total. The maximum Gasteiger partial charge on any atom is 0.160 e. The Hall–Kier alpha value is -0.940. The number of aromatic amines is 1. The normalized spacial score (nSPS) is 34.6. The molecule has 2 atom stereocenters. The van der Waals surface area contributed by atoms with Crippen molar-refractivity contribution in [3.05, 3.63) is 11.6 Å². The van der Waals surface area contributed by atoms with Crippen molar-refractivity contribution in [3.63, 3.8) is 0 Å². The van der Waals surface area contributed by atoms with Crippen LogP contribution >= 0.6 is 0 Å². The van der Waals surface area contributed by atoms with Gasteiger partial charge < -0.3 is 10.5 Å². The van der Waals surface area contributed by atoms with Gasteiger partial charge in [-0.1, -0.05) is 12.8 Å². The lowest BCUT2D eigenvalue weighted by Gasteiger charge is -2.22. The van der Waals surface area contributed by atoms with Gasteiger partial charge in [-0.15, -0.1) is 0 Å². The van der Waals surface area contributed by atoms with Gasteiger partial charge in [0.2, 0.25) is 0 Å². The number of hydrogen-bond donors (Lipinski definition) is 2. The van der Waals surface area contributed by atoms with Crippen molar-refractivity contribution in [1.29, 1.82) is 0 Å². The van der Waals surface area contributed by atoms with E-state index in [0.717, 1.165) is 11.6 Å². The molecule has 1 aromatic rings. The van der Waals surface area contributed by atoms with E-state index < -0.39 is 0 Å². The Balaban J connectivity index is 1.84. The second-order valence-corrected chi connectivity index (χ2v) is 5.56. The van der Waals surface area contributed by atoms with E-state index in [2.05, 4.69) is 22.1 Å². The smallest absolute Gasteiger partial charge is 0.160 e. The van der Waals surface area contributed by atoms with Crippen LogP contribution in [0.25, 0.3) is 0 Å². The molecule has 0 amide bonds. The molecule has 5 heteroatoms. The highest BCUT2D eigenvalue weighted by molar-refractivity contribution is 5.15. The van der Waals surface area contributed by atoms with Crippen molar-refractivity contribution in [2.75, 3.05) is 13.2 Å². The Morgan fingerprint density at radius 1 is 1.41 bits per heavy atom. The minimum atomic E-state index is -0.229. The average Bonchev–Trinajstić information content (AvgIpc) is 3.01. The van der Waals surface area contributed by atoms with Gasteiger partial charge in [-0.05, 0) is 19.8 Å². The van der Waals surface area contributed by atoms with Crippen LogP contribution in [0.3, 0.4) is 0 Å². The Morgan fingerprint density at radius 2 is 2.18 bits per heavy atom. The van der Waals surface area contributed by atoms with Crippen LogP contribution in [0.2, 0.25) is 0 Å². The highest BCUT2D eigenvalue weighted by Crippen LogP contribution is 2.34. The SMILES string of the molecule is CC1(c2n[nH]c(C3CCCC3)n2)COCC1N. The van der Waals surface area contributed by atoms with Crippen molar-refractivity contribution in [2.24, 2.45) is 5.73 Å². The zero-order valence-corrected chi connectivity index (χ0v) is 10.3. The molecule has 2 aliphatic rings. The van der Waals surface area contributed by atoms with Gasteiger partial charge in [0.15, 0.2) is 5.82 Å². The van der Waals surface area contributed by atoms with E-state index in [1.165, 1.54) is 25.7 Å². The minimum absolute atomic E-state index is 0.00488. The topological polar surface area (TPSA) is 76.8 Å². The van der Waals surface area contributed by atoms with Crippen LogP contribution in [0.1, 0.15) is 50.2 Å². The highest BCUT2D eigenvalue weighted by Gasteiger charge is 2.42. The number of nitrogens with one attached hydrogen (secondary N) is 1. The lowest BCUT2D eigenvalue weighted by molar-refractivity contribution is 0.178. The number of H-pyrrole nitrogens is 1. The Kier molecular flexibility index (Phi) is 2.67. The Morgan fingerprint density at radius 3 is 2.82 bits per heavy atom. The fraction of sp³-hybridized carbons (Fsp3) is 0.833. The molecule has 17 heavy (non-hydrogen) atoms. The third-order valence-electron chi connectivity index (χ3n) is 4.27. The zero-order chi connectivity index (χ0) is 11.9. The molecule has 3 N–H and O–H groups in total. The maximum atomic E-state index is 6.09. The fourth-order valence-corrected chi connectivity index (χ4v) is 2.83. The van der Waals surface area contributed by atoms with Gasteiger partial charge in [0.05, 0.1) is 18.6 Å². The molecule has 94 valence electrons. The molecule has 3 rings (SSSR count). The van der Waals surface area contributed by atoms with E-state index in [4.69, 9.17) is 10.5 Å². The number of rotatable bonds is 2. The molecule has 1 aromatic heterocycles. The van der Waals surface area contributed by atoms with E-state index in [0.29, 0.717) is 19.1 Å². The first-order valence-corrected chi connectivity index (χ1v) is 6.46. The molecule has 2 unspecified atom stereocenters. The van der Waals surface area contributed by atoms with Gasteiger partial charge in [0.1, 0.15) is 5.82 Å². The fourth-order valence-electron chi connectivity index (χ4n) is 2.83. The number of aromatic nitrogens is 3. The molecule has 1 aliphatic heterocycles. The van der Waals surface area contributed by atoms with Crippen molar-refractivity contribution < 1.29 is 4.74 Å². The van der Waals surface area contributed by atoms with E-state index in [-0.39, 0.29) is 11.5 Å². The Bertz CT molecular complexity index is 399. The number of hydrogen-bond acceptors (Lipinski definition) is 4. The summed E-state index contributed by atoms with van der Waals surface area (Å²) in [7, 11) is 0. The molecular formula is C12H20N4O. The lowest BCUT2D eigenvalue weighted by Crippen LogP contribution is -2.42. The van der Waals surface area contributed by atoms with Crippen LogP contribution in [0, 0.1) is 0 Å². The van der Waals surface area contributed by atoms with Gasteiger partial charge in [-0.25, -0.2) is 4.98 Å². The molecule has 2 fully saturated rings. The predicted molar refractivity (Wildman–Crippen MR) is 63.7 cm³/mol. The molecule has 0 spiro atoms. The second kappa shape index (κ2) is 4.07. The van der Waals surface area contributed by atoms with Crippen LogP contribution in [0.15, 0.2) is 0 Å². The van der Waals surface area contributed by atoms with Gasteiger partial charge >= 0.3 is 0 Å². The summed E-state index contributed by atoms with van der Waals surface area (Å²) in [4.78, 5) is 4.67. The van der Waals surface area contributed by atoms with Crippen LogP contribution in [0.5, 0.6) is 0 Å². The quantitative estimate of drug-likeness (QED) is 0.805. The standard InChI is InChI=1S/C12H20N4O/c1-12(7-17-6-9(12)13)11-14-10(15-16-11)8-4-2-3-5-8/h8-9H,2-7,13H2,1H3,(H,14,15,16). The van der Waals surface area contributed by atoms with Gasteiger partial charge in [-0.2, -0.15) is 5.10 Å². The molecule has 0 aromatic carbocycles. The van der Waals surface area contributed by atoms with Gasteiger partial charge in [-0.3, -0.25) is 5.10 Å². The first-order valence-electron chi connectivity index (χ1n) is 6.46. The molecule has 0 radical (unpaired) electrons. The number of ether oxygens (including phenoxy) is 1. The summed E-state index contributed by atoms with van der Waals surface area (Å²) >= 11 is 0. The first-order chi connectivity index (χ1) is 8.20. The summed E-state index contributed by atoms with van der Waals surface area (Å²) in [6.07, 6.45) is 5.07. The Labute approximate surface area is 101 Å². The molecule has 0 bridgehead atoms. The molecule has 1 saturated carbocycles. The average molecular weight is 236 g/mol. The highest BCUT2D eigenvalue weighted by atomic mass is 16.5. The van der Waals surface area contributed by atoms with E-state index >= 15 is 0 Å². The van der Waals surface area contributed by atoms with E-state index in [1.807, 2.05) is 0 Å². The van der Waals surface area contributed by atoms with Crippen molar-refractivity contribution >= 4 is 0 Å². The lowest BCUT2D eigenvalue weighted by atomic mass is 9.85. The summed E-state index contributed by atoms with van der Waals surface area (Å²) in [6.45, 7) is 3.31. The molecule has 1 aliphatic carbocycles. The third kappa shape index (κ3) is 1.77. The van der Waals surface area contributed by atoms with E-state index in [9.17, 15) is 0 Å². The number of nitrogens with two attached hydrogens (primary N) is 1. The van der Waals surface area contributed by atoms with Gasteiger partial charge in [0, 0.05) is 12.0 Å². The zero-order valence-electron chi connectivity index (χ0n) is 10.3. The molecular weight excluding hydrogens is 216 g/mol. The van der Waals surface area contributed by atoms with Crippen molar-refractivity contribution in [3.8, 4) is 0 Å². The molecule has 2 heterocycles. The summed E-state index contributed by atoms with van der Waals surface area (Å²) < 4.78 is 5.44. The monoisotopic (exact) mass is 236 g/mol. The predicted octanol–water partition coefficient (Wildman–Crippen LogP) is 1.08. The summed E-state index contributed by atoms with van der Waals surface area (Å²) in [6, 6.07) is -0.00488. The summed E-state index contributed by atoms with van der Waals surface area (Å²) in [5.41, 5.74) is 5.86. The maximum absolute atomic E-state index is 6.09. The van der Waals surface area contributed by atoms with Crippen LogP contribution in [0.4, 0.5) is 0 Å². The van der Waals surface area contributed by atoms with Crippen LogP contribution in [-0.2, 0) is 10.2 Å². The summed E-state index contributed by atoms with van der Waals surface area (Å²) in [5, 5.41) is 7.47. The number of nitrogens with zero attached hydrogens (tertiary/aromatic N) is 2. The van der Waals surface area contributed by atoms with Crippen LogP contribution < -0.4 is 5.73 Å². The van der Waals surface area contributed by atoms with Crippen molar-refractivity contribution in [1.82, 2.24) is 15.2 Å². The first kappa shape index (κ1) is 11.2. The van der Waals surface area contributed by atoms with Crippen LogP contribution in [-0.4, -0.2) is 34.4 Å². The third-order valence-corrected chi connectivity index (χ3v) is 4.27. The van der Waals surface area contributed by atoms with E-state index in [1.54, 1.807) is 0 Å². The van der Waals surface area contributed by atoms with Crippen molar-refractivity contribution in [2.45, 2.75) is 50.0 Å². The second-order valence-electron chi connectivity index (χ2n) is 5.56. The molecule has 1 saturated heterocycles. The van der Waals surface area contributed by atoms with Gasteiger partial charge in [0.25, 0.3) is 0 Å². The largest absolute Gasteiger partial charge is 0.379 e.